The number of nitrogens with zero attached hydrogens (tertiary/aromatic N) is 2. The molecule has 1 rings (SSSR count). The molecule has 0 atom stereocenters. The van der Waals surface area contributed by atoms with Crippen LogP contribution in [0.4, 0.5) is 5.69 Å². The lowest BCUT2D eigenvalue weighted by atomic mass is 10.2. The van der Waals surface area contributed by atoms with Crippen LogP contribution in [0.15, 0.2) is 29.3 Å². The molecule has 0 amide bonds. The van der Waals surface area contributed by atoms with Gasteiger partial charge in [-0.2, -0.15) is 0 Å². The van der Waals surface area contributed by atoms with E-state index in [0.29, 0.717) is 5.92 Å². The van der Waals surface area contributed by atoms with Gasteiger partial charge in [0.05, 0.1) is 5.69 Å². The molecule has 0 aromatic heterocycles. The maximum atomic E-state index is 4.66. The Balaban J connectivity index is 3.02. The Hall–Kier alpha value is -1.31. The average molecular weight is 204 g/mol. The van der Waals surface area contributed by atoms with E-state index in [1.54, 1.807) is 0 Å². The first kappa shape index (κ1) is 11.8. The van der Waals surface area contributed by atoms with Crippen molar-refractivity contribution in [3.05, 3.63) is 29.8 Å². The number of benzene rings is 1. The number of aryl methyl sites for hydroxylation is 1. The SMILES string of the molecule is Cc1cccc(N=C(C(C)C)N(C)C)c1. The molecule has 0 N–H and O–H groups in total. The van der Waals surface area contributed by atoms with E-state index < -0.39 is 0 Å². The second kappa shape index (κ2) is 4.96. The van der Waals surface area contributed by atoms with Gasteiger partial charge in [0.1, 0.15) is 5.84 Å². The van der Waals surface area contributed by atoms with Crippen LogP contribution in [0.3, 0.4) is 0 Å². The molecule has 0 aliphatic heterocycles. The minimum atomic E-state index is 0.445. The van der Waals surface area contributed by atoms with Gasteiger partial charge in [-0.1, -0.05) is 26.0 Å². The summed E-state index contributed by atoms with van der Waals surface area (Å²) in [6.45, 7) is 6.41. The van der Waals surface area contributed by atoms with Crippen molar-refractivity contribution < 1.29 is 0 Å². The summed E-state index contributed by atoms with van der Waals surface area (Å²) in [7, 11) is 4.07. The van der Waals surface area contributed by atoms with E-state index in [1.807, 2.05) is 26.2 Å². The number of aliphatic imine (C=N–C) groups is 1. The highest BCUT2D eigenvalue weighted by atomic mass is 15.1. The van der Waals surface area contributed by atoms with Crippen LogP contribution in [0.1, 0.15) is 19.4 Å². The van der Waals surface area contributed by atoms with Gasteiger partial charge in [0.15, 0.2) is 0 Å². The standard InChI is InChI=1S/C13H20N2/c1-10(2)13(15(4)5)14-12-8-6-7-11(3)9-12/h6-10H,1-5H3. The van der Waals surface area contributed by atoms with Crippen molar-refractivity contribution in [1.29, 1.82) is 0 Å². The van der Waals surface area contributed by atoms with Crippen LogP contribution < -0.4 is 0 Å². The van der Waals surface area contributed by atoms with Crippen LogP contribution in [-0.4, -0.2) is 24.8 Å². The minimum absolute atomic E-state index is 0.445. The monoisotopic (exact) mass is 204 g/mol. The van der Waals surface area contributed by atoms with Gasteiger partial charge in [-0.15, -0.1) is 0 Å². The number of rotatable bonds is 2. The molecule has 1 aromatic carbocycles. The Morgan fingerprint density at radius 3 is 2.40 bits per heavy atom. The highest BCUT2D eigenvalue weighted by Crippen LogP contribution is 2.16. The van der Waals surface area contributed by atoms with Gasteiger partial charge in [-0.05, 0) is 24.6 Å². The molecular formula is C13H20N2. The highest BCUT2D eigenvalue weighted by Gasteiger charge is 2.07. The predicted molar refractivity (Wildman–Crippen MR) is 66.8 cm³/mol. The van der Waals surface area contributed by atoms with Crippen molar-refractivity contribution in [1.82, 2.24) is 4.90 Å². The highest BCUT2D eigenvalue weighted by molar-refractivity contribution is 5.86. The first-order valence-corrected chi connectivity index (χ1v) is 5.33. The van der Waals surface area contributed by atoms with Crippen molar-refractivity contribution in [3.8, 4) is 0 Å². The third-order valence-electron chi connectivity index (χ3n) is 2.22. The van der Waals surface area contributed by atoms with Crippen molar-refractivity contribution >= 4 is 11.5 Å². The summed E-state index contributed by atoms with van der Waals surface area (Å²) in [5, 5.41) is 0. The zero-order valence-electron chi connectivity index (χ0n) is 10.3. The van der Waals surface area contributed by atoms with E-state index in [9.17, 15) is 0 Å². The fraction of sp³-hybridized carbons (Fsp3) is 0.462. The largest absolute Gasteiger partial charge is 0.366 e. The summed E-state index contributed by atoms with van der Waals surface area (Å²) in [6, 6.07) is 8.27. The van der Waals surface area contributed by atoms with Crippen LogP contribution >= 0.6 is 0 Å². The van der Waals surface area contributed by atoms with Crippen molar-refractivity contribution in [2.24, 2.45) is 10.9 Å². The van der Waals surface area contributed by atoms with E-state index >= 15 is 0 Å². The van der Waals surface area contributed by atoms with Crippen molar-refractivity contribution in [3.63, 3.8) is 0 Å². The summed E-state index contributed by atoms with van der Waals surface area (Å²) in [4.78, 5) is 6.74. The molecular weight excluding hydrogens is 184 g/mol. The fourth-order valence-corrected chi connectivity index (χ4v) is 1.58. The summed E-state index contributed by atoms with van der Waals surface area (Å²) in [5.74, 6) is 1.56. The van der Waals surface area contributed by atoms with E-state index in [1.165, 1.54) is 5.56 Å². The topological polar surface area (TPSA) is 15.6 Å². The molecule has 0 aliphatic carbocycles. The van der Waals surface area contributed by atoms with Gasteiger partial charge >= 0.3 is 0 Å². The maximum absolute atomic E-state index is 4.66. The maximum Gasteiger partial charge on any atom is 0.107 e. The molecule has 0 unspecified atom stereocenters. The third-order valence-corrected chi connectivity index (χ3v) is 2.22. The second-order valence-corrected chi connectivity index (χ2v) is 4.36. The Bertz CT molecular complexity index is 341. The van der Waals surface area contributed by atoms with Gasteiger partial charge < -0.3 is 4.90 Å². The van der Waals surface area contributed by atoms with Crippen LogP contribution in [0.25, 0.3) is 0 Å². The summed E-state index contributed by atoms with van der Waals surface area (Å²) < 4.78 is 0. The lowest BCUT2D eigenvalue weighted by molar-refractivity contribution is 0.575. The summed E-state index contributed by atoms with van der Waals surface area (Å²) in [5.41, 5.74) is 2.28. The molecule has 2 nitrogen and oxygen atoms in total. The smallest absolute Gasteiger partial charge is 0.107 e. The van der Waals surface area contributed by atoms with Crippen LogP contribution in [0, 0.1) is 12.8 Å². The van der Waals surface area contributed by atoms with Crippen molar-refractivity contribution in [2.45, 2.75) is 20.8 Å². The summed E-state index contributed by atoms with van der Waals surface area (Å²) >= 11 is 0. The van der Waals surface area contributed by atoms with E-state index in [-0.39, 0.29) is 0 Å². The predicted octanol–water partition coefficient (Wildman–Crippen LogP) is 3.24. The zero-order valence-corrected chi connectivity index (χ0v) is 10.3. The van der Waals surface area contributed by atoms with Crippen molar-refractivity contribution in [2.75, 3.05) is 14.1 Å². The molecule has 0 radical (unpaired) electrons. The number of hydrogen-bond acceptors (Lipinski definition) is 1. The fourth-order valence-electron chi connectivity index (χ4n) is 1.58. The van der Waals surface area contributed by atoms with Gasteiger partial charge in [0.2, 0.25) is 0 Å². The molecule has 0 spiro atoms. The van der Waals surface area contributed by atoms with Gasteiger partial charge in [-0.3, -0.25) is 0 Å². The van der Waals surface area contributed by atoms with Crippen LogP contribution in [0.2, 0.25) is 0 Å². The molecule has 0 fully saturated rings. The normalized spacial score (nSPS) is 12.0. The Kier molecular flexibility index (Phi) is 3.89. The molecule has 0 heterocycles. The van der Waals surface area contributed by atoms with Gasteiger partial charge in [-0.25, -0.2) is 4.99 Å². The van der Waals surface area contributed by atoms with E-state index in [0.717, 1.165) is 11.5 Å². The molecule has 82 valence electrons. The lowest BCUT2D eigenvalue weighted by Gasteiger charge is -2.19. The molecule has 1 aromatic rings. The average Bonchev–Trinajstić information content (AvgIpc) is 2.13. The zero-order chi connectivity index (χ0) is 11.4. The van der Waals surface area contributed by atoms with E-state index in [2.05, 4.69) is 42.8 Å². The molecule has 0 saturated heterocycles. The first-order chi connectivity index (χ1) is 7.00. The van der Waals surface area contributed by atoms with E-state index in [4.69, 9.17) is 0 Å². The van der Waals surface area contributed by atoms with Gasteiger partial charge in [0, 0.05) is 20.0 Å². The second-order valence-electron chi connectivity index (χ2n) is 4.36. The Morgan fingerprint density at radius 2 is 1.93 bits per heavy atom. The first-order valence-electron chi connectivity index (χ1n) is 5.33. The molecule has 0 saturated carbocycles. The molecule has 0 bridgehead atoms. The Labute approximate surface area is 92.6 Å². The Morgan fingerprint density at radius 1 is 1.27 bits per heavy atom. The third kappa shape index (κ3) is 3.39. The molecule has 2 heteroatoms. The number of hydrogen-bond donors (Lipinski definition) is 0. The minimum Gasteiger partial charge on any atom is -0.366 e. The quantitative estimate of drug-likeness (QED) is 0.533. The molecule has 15 heavy (non-hydrogen) atoms. The van der Waals surface area contributed by atoms with Crippen LogP contribution in [-0.2, 0) is 0 Å². The number of amidine groups is 1. The lowest BCUT2D eigenvalue weighted by Crippen LogP contribution is -2.26. The summed E-state index contributed by atoms with van der Waals surface area (Å²) in [6.07, 6.45) is 0. The molecule has 0 aliphatic rings. The van der Waals surface area contributed by atoms with Gasteiger partial charge in [0.25, 0.3) is 0 Å². The van der Waals surface area contributed by atoms with Crippen LogP contribution in [0.5, 0.6) is 0 Å².